The molecule has 0 spiro atoms. The third kappa shape index (κ3) is 5.41. The van der Waals surface area contributed by atoms with Crippen molar-refractivity contribution in [3.63, 3.8) is 0 Å². The summed E-state index contributed by atoms with van der Waals surface area (Å²) in [5, 5.41) is 8.58. The van der Waals surface area contributed by atoms with Gasteiger partial charge >= 0.3 is 5.97 Å². The minimum atomic E-state index is -0.780. The average Bonchev–Trinajstić information content (AvgIpc) is 3.03. The highest BCUT2D eigenvalue weighted by Gasteiger charge is 2.02. The summed E-state index contributed by atoms with van der Waals surface area (Å²) in [7, 11) is 0. The van der Waals surface area contributed by atoms with Crippen LogP contribution in [-0.2, 0) is 9.63 Å². The zero-order chi connectivity index (χ0) is 15.6. The molecule has 0 aliphatic carbocycles. The van der Waals surface area contributed by atoms with Gasteiger partial charge in [0.2, 0.25) is 0 Å². The molecule has 0 radical (unpaired) electrons. The minimum Gasteiger partial charge on any atom is -0.481 e. The highest BCUT2D eigenvalue weighted by Crippen LogP contribution is 2.12. The Morgan fingerprint density at radius 3 is 2.82 bits per heavy atom. The Morgan fingerprint density at radius 1 is 1.32 bits per heavy atom. The van der Waals surface area contributed by atoms with Gasteiger partial charge in [-0.05, 0) is 12.8 Å². The number of hydrogen-bond acceptors (Lipinski definition) is 4. The van der Waals surface area contributed by atoms with Gasteiger partial charge in [-0.15, -0.1) is 0 Å². The quantitative estimate of drug-likeness (QED) is 0.550. The molecule has 1 aromatic carbocycles. The maximum Gasteiger partial charge on any atom is 0.303 e. The van der Waals surface area contributed by atoms with Crippen LogP contribution in [0.5, 0.6) is 0 Å². The molecule has 0 saturated carbocycles. The predicted octanol–water partition coefficient (Wildman–Crippen LogP) is 2.61. The summed E-state index contributed by atoms with van der Waals surface area (Å²) in [6.07, 6.45) is 8.55. The lowest BCUT2D eigenvalue weighted by atomic mass is 10.2. The molecule has 6 heteroatoms. The maximum atomic E-state index is 10.4. The Balaban J connectivity index is 1.90. The number of aromatic nitrogens is 2. The van der Waals surface area contributed by atoms with E-state index in [-0.39, 0.29) is 6.42 Å². The number of hydroxylamine groups is 1. The number of hydrogen-bond donors (Lipinski definition) is 2. The van der Waals surface area contributed by atoms with Gasteiger partial charge in [-0.3, -0.25) is 15.1 Å². The minimum absolute atomic E-state index is 0.166. The monoisotopic (exact) mass is 301 g/mol. The Hall–Kier alpha value is -2.60. The molecule has 2 rings (SSSR count). The highest BCUT2D eigenvalue weighted by molar-refractivity contribution is 5.73. The van der Waals surface area contributed by atoms with Gasteiger partial charge in [0, 0.05) is 30.6 Å². The van der Waals surface area contributed by atoms with Crippen molar-refractivity contribution in [1.29, 1.82) is 0 Å². The van der Waals surface area contributed by atoms with E-state index in [4.69, 9.17) is 9.94 Å². The lowest BCUT2D eigenvalue weighted by Gasteiger charge is -2.11. The van der Waals surface area contributed by atoms with Crippen molar-refractivity contribution in [2.24, 2.45) is 0 Å². The smallest absolute Gasteiger partial charge is 0.303 e. The van der Waals surface area contributed by atoms with Gasteiger partial charge in [-0.2, -0.15) is 0 Å². The summed E-state index contributed by atoms with van der Waals surface area (Å²) in [4.78, 5) is 19.9. The summed E-state index contributed by atoms with van der Waals surface area (Å²) in [5.41, 5.74) is 4.72. The van der Waals surface area contributed by atoms with Crippen molar-refractivity contribution in [2.75, 3.05) is 6.61 Å². The van der Waals surface area contributed by atoms with Crippen LogP contribution in [0.15, 0.2) is 49.1 Å². The van der Waals surface area contributed by atoms with Crippen LogP contribution >= 0.6 is 0 Å². The van der Waals surface area contributed by atoms with E-state index in [2.05, 4.69) is 10.5 Å². The Morgan fingerprint density at radius 2 is 2.14 bits per heavy atom. The number of nitrogens with zero attached hydrogens (tertiary/aromatic N) is 2. The molecule has 0 aliphatic rings. The van der Waals surface area contributed by atoms with Crippen LogP contribution in [0, 0.1) is 0 Å². The molecule has 6 nitrogen and oxygen atoms in total. The first-order chi connectivity index (χ1) is 10.8. The first-order valence-corrected chi connectivity index (χ1v) is 7.10. The Labute approximate surface area is 129 Å². The number of carboxylic acid groups (broad SMARTS) is 1. The molecule has 0 aliphatic heterocycles. The van der Waals surface area contributed by atoms with Crippen molar-refractivity contribution < 1.29 is 14.7 Å². The van der Waals surface area contributed by atoms with Crippen LogP contribution in [0.1, 0.15) is 24.8 Å². The van der Waals surface area contributed by atoms with Gasteiger partial charge in [0.05, 0.1) is 18.6 Å². The van der Waals surface area contributed by atoms with E-state index in [1.54, 1.807) is 12.5 Å². The number of carbonyl (C=O) groups is 1. The van der Waals surface area contributed by atoms with Gasteiger partial charge in [-0.25, -0.2) is 4.98 Å². The van der Waals surface area contributed by atoms with E-state index in [1.807, 2.05) is 47.3 Å². The van der Waals surface area contributed by atoms with Gasteiger partial charge in [0.15, 0.2) is 0 Å². The molecule has 2 aromatic rings. The van der Waals surface area contributed by atoms with Gasteiger partial charge in [-0.1, -0.05) is 30.3 Å². The average molecular weight is 301 g/mol. The molecule has 0 fully saturated rings. The lowest BCUT2D eigenvalue weighted by Crippen LogP contribution is -2.15. The number of rotatable bonds is 9. The largest absolute Gasteiger partial charge is 0.481 e. The van der Waals surface area contributed by atoms with Crippen LogP contribution < -0.4 is 5.48 Å². The maximum absolute atomic E-state index is 10.4. The normalized spacial score (nSPS) is 11.4. The second-order valence-corrected chi connectivity index (χ2v) is 4.72. The molecule has 0 bridgehead atoms. The van der Waals surface area contributed by atoms with E-state index in [0.29, 0.717) is 19.4 Å². The standard InChI is InChI=1S/C16H19N3O3/c20-16(21)8-4-5-11-22-18-15(12-19-10-9-17-13-19)14-6-2-1-3-7-14/h1-3,6-7,9-10,12-13,18H,4-5,8,11H2,(H,20,21). The number of aliphatic carboxylic acids is 1. The van der Waals surface area contributed by atoms with Crippen molar-refractivity contribution >= 4 is 17.9 Å². The van der Waals surface area contributed by atoms with Crippen LogP contribution in [-0.4, -0.2) is 27.2 Å². The van der Waals surface area contributed by atoms with Crippen molar-refractivity contribution in [1.82, 2.24) is 15.0 Å². The number of imidazole rings is 1. The summed E-state index contributed by atoms with van der Waals surface area (Å²) in [6.45, 7) is 0.446. The van der Waals surface area contributed by atoms with E-state index >= 15 is 0 Å². The van der Waals surface area contributed by atoms with Crippen molar-refractivity contribution in [2.45, 2.75) is 19.3 Å². The van der Waals surface area contributed by atoms with Crippen molar-refractivity contribution in [3.05, 3.63) is 54.6 Å². The molecule has 22 heavy (non-hydrogen) atoms. The molecule has 0 unspecified atom stereocenters. The van der Waals surface area contributed by atoms with Crippen LogP contribution in [0.2, 0.25) is 0 Å². The molecule has 0 amide bonds. The number of carboxylic acids is 1. The summed E-state index contributed by atoms with van der Waals surface area (Å²) in [5.74, 6) is -0.780. The number of nitrogens with one attached hydrogen (secondary N) is 1. The Bertz CT molecular complexity index is 594. The SMILES string of the molecule is O=C(O)CCCCONC(=Cn1ccnc1)c1ccccc1. The molecule has 116 valence electrons. The molecule has 2 N–H and O–H groups in total. The van der Waals surface area contributed by atoms with Crippen LogP contribution in [0.25, 0.3) is 11.9 Å². The highest BCUT2D eigenvalue weighted by atomic mass is 16.6. The van der Waals surface area contributed by atoms with Gasteiger partial charge in [0.25, 0.3) is 0 Å². The van der Waals surface area contributed by atoms with E-state index in [1.165, 1.54) is 0 Å². The third-order valence-corrected chi connectivity index (χ3v) is 2.96. The molecule has 1 aromatic heterocycles. The molecule has 0 atom stereocenters. The van der Waals surface area contributed by atoms with Crippen molar-refractivity contribution in [3.8, 4) is 0 Å². The number of benzene rings is 1. The molecular weight excluding hydrogens is 282 g/mol. The fourth-order valence-corrected chi connectivity index (χ4v) is 1.85. The van der Waals surface area contributed by atoms with E-state index < -0.39 is 5.97 Å². The fraction of sp³-hybridized carbons (Fsp3) is 0.250. The second kappa shape index (κ2) is 8.63. The predicted molar refractivity (Wildman–Crippen MR) is 83.4 cm³/mol. The number of unbranched alkanes of at least 4 members (excludes halogenated alkanes) is 1. The van der Waals surface area contributed by atoms with Crippen LogP contribution in [0.4, 0.5) is 0 Å². The van der Waals surface area contributed by atoms with E-state index in [9.17, 15) is 4.79 Å². The third-order valence-electron chi connectivity index (χ3n) is 2.96. The summed E-state index contributed by atoms with van der Waals surface area (Å²) < 4.78 is 1.82. The zero-order valence-corrected chi connectivity index (χ0v) is 12.2. The van der Waals surface area contributed by atoms with Gasteiger partial charge < -0.3 is 9.67 Å². The first kappa shape index (κ1) is 15.8. The molecule has 1 heterocycles. The first-order valence-electron chi connectivity index (χ1n) is 7.10. The zero-order valence-electron chi connectivity index (χ0n) is 12.2. The van der Waals surface area contributed by atoms with Crippen LogP contribution in [0.3, 0.4) is 0 Å². The summed E-state index contributed by atoms with van der Waals surface area (Å²) >= 11 is 0. The Kier molecular flexibility index (Phi) is 6.19. The van der Waals surface area contributed by atoms with E-state index in [0.717, 1.165) is 11.3 Å². The summed E-state index contributed by atoms with van der Waals surface area (Å²) in [6, 6.07) is 9.80. The molecular formula is C16H19N3O3. The van der Waals surface area contributed by atoms with Gasteiger partial charge in [0.1, 0.15) is 0 Å². The molecule has 0 saturated heterocycles. The lowest BCUT2D eigenvalue weighted by molar-refractivity contribution is -0.137. The topological polar surface area (TPSA) is 76.4 Å². The fourth-order valence-electron chi connectivity index (χ4n) is 1.85. The second-order valence-electron chi connectivity index (χ2n) is 4.72.